The third-order valence-corrected chi connectivity index (χ3v) is 7.31. The summed E-state index contributed by atoms with van der Waals surface area (Å²) in [5.41, 5.74) is 5.46. The quantitative estimate of drug-likeness (QED) is 0.365. The van der Waals surface area contributed by atoms with Gasteiger partial charge in [-0.25, -0.2) is 14.8 Å². The molecule has 0 aliphatic carbocycles. The summed E-state index contributed by atoms with van der Waals surface area (Å²) in [4.78, 5) is 39.7. The summed E-state index contributed by atoms with van der Waals surface area (Å²) in [6, 6.07) is 13.5. The molecule has 2 amide bonds. The molecular weight excluding hydrogens is 508 g/mol. The molecule has 3 aromatic heterocycles. The van der Waals surface area contributed by atoms with Gasteiger partial charge in [-0.05, 0) is 57.0 Å². The van der Waals surface area contributed by atoms with Gasteiger partial charge in [0.25, 0.3) is 5.91 Å². The number of benzene rings is 1. The second-order valence-corrected chi connectivity index (χ2v) is 10.3. The van der Waals surface area contributed by atoms with Crippen molar-refractivity contribution in [2.24, 2.45) is 0 Å². The number of nitrogens with zero attached hydrogens (tertiary/aromatic N) is 8. The Bertz CT molecular complexity index is 1590. The predicted octanol–water partition coefficient (Wildman–Crippen LogP) is 4.46. The Labute approximate surface area is 232 Å². The molecule has 5 rings (SSSR count). The van der Waals surface area contributed by atoms with E-state index in [4.69, 9.17) is 9.97 Å². The summed E-state index contributed by atoms with van der Waals surface area (Å²) < 4.78 is 1.91. The Balaban J connectivity index is 1.54. The fourth-order valence-electron chi connectivity index (χ4n) is 4.86. The number of carbonyl (C=O) groups excluding carboxylic acids is 1. The zero-order valence-corrected chi connectivity index (χ0v) is 23.5. The van der Waals surface area contributed by atoms with Crippen LogP contribution in [0, 0.1) is 13.8 Å². The topological polar surface area (TPSA) is 121 Å². The molecule has 11 nitrogen and oxygen atoms in total. The number of aryl methyl sites for hydroxylation is 2. The smallest absolute Gasteiger partial charge is 0.407 e. The van der Waals surface area contributed by atoms with Crippen LogP contribution in [0.2, 0.25) is 0 Å². The van der Waals surface area contributed by atoms with Crippen molar-refractivity contribution in [2.45, 2.75) is 46.8 Å². The normalized spacial score (nSPS) is 12.7. The number of hydrogen-bond acceptors (Lipinski definition) is 7. The van der Waals surface area contributed by atoms with Crippen LogP contribution in [0.15, 0.2) is 48.8 Å². The third-order valence-electron chi connectivity index (χ3n) is 7.31. The van der Waals surface area contributed by atoms with Crippen molar-refractivity contribution in [1.82, 2.24) is 29.6 Å². The Hall–Kier alpha value is -4.80. The summed E-state index contributed by atoms with van der Waals surface area (Å²) in [7, 11) is 3.39. The molecule has 0 spiro atoms. The van der Waals surface area contributed by atoms with Crippen molar-refractivity contribution in [3.8, 4) is 17.2 Å². The van der Waals surface area contributed by atoms with Crippen molar-refractivity contribution < 1.29 is 14.7 Å². The number of aromatic nitrogens is 5. The Morgan fingerprint density at radius 1 is 1.07 bits per heavy atom. The number of rotatable bonds is 7. The second-order valence-electron chi connectivity index (χ2n) is 10.3. The lowest BCUT2D eigenvalue weighted by Crippen LogP contribution is -2.29. The van der Waals surface area contributed by atoms with Gasteiger partial charge in [0, 0.05) is 25.7 Å². The van der Waals surface area contributed by atoms with Gasteiger partial charge >= 0.3 is 6.09 Å². The van der Waals surface area contributed by atoms with E-state index < -0.39 is 6.09 Å². The molecule has 0 fully saturated rings. The monoisotopic (exact) mass is 540 g/mol. The van der Waals surface area contributed by atoms with Crippen LogP contribution in [0.25, 0.3) is 17.2 Å². The first-order chi connectivity index (χ1) is 19.1. The average Bonchev–Trinajstić information content (AvgIpc) is 3.53. The number of carbonyl (C=O) groups is 2. The maximum absolute atomic E-state index is 13.8. The van der Waals surface area contributed by atoms with E-state index >= 15 is 0 Å². The lowest BCUT2D eigenvalue weighted by molar-refractivity contribution is 0.0996. The molecule has 1 N–H and O–H groups in total. The Morgan fingerprint density at radius 2 is 1.77 bits per heavy atom. The maximum atomic E-state index is 13.8. The fraction of sp³-hybridized carbons (Fsp3) is 0.310. The molecule has 1 aromatic carbocycles. The number of anilines is 2. The number of hydrogen-bond donors (Lipinski definition) is 1. The molecule has 40 heavy (non-hydrogen) atoms. The van der Waals surface area contributed by atoms with E-state index in [1.165, 1.54) is 7.05 Å². The first-order valence-corrected chi connectivity index (χ1v) is 13.0. The fourth-order valence-corrected chi connectivity index (χ4v) is 4.86. The van der Waals surface area contributed by atoms with Gasteiger partial charge in [-0.15, -0.1) is 10.2 Å². The van der Waals surface area contributed by atoms with E-state index in [0.29, 0.717) is 40.0 Å². The molecule has 206 valence electrons. The van der Waals surface area contributed by atoms with Gasteiger partial charge in [0.1, 0.15) is 23.7 Å². The van der Waals surface area contributed by atoms with Crippen molar-refractivity contribution in [3.05, 3.63) is 76.7 Å². The van der Waals surface area contributed by atoms with Crippen LogP contribution in [0.3, 0.4) is 0 Å². The summed E-state index contributed by atoms with van der Waals surface area (Å²) in [6.07, 6.45) is 0.598. The molecule has 4 heterocycles. The first-order valence-electron chi connectivity index (χ1n) is 13.0. The van der Waals surface area contributed by atoms with Gasteiger partial charge in [-0.2, -0.15) is 0 Å². The van der Waals surface area contributed by atoms with E-state index in [0.717, 1.165) is 21.7 Å². The molecule has 11 heteroatoms. The number of pyridine rings is 2. The molecule has 4 aromatic rings. The molecule has 0 atom stereocenters. The van der Waals surface area contributed by atoms with Crippen LogP contribution >= 0.6 is 0 Å². The molecule has 1 aliphatic heterocycles. The molecule has 0 unspecified atom stereocenters. The first kappa shape index (κ1) is 26.8. The zero-order valence-electron chi connectivity index (χ0n) is 23.5. The number of carboxylic acid groups (broad SMARTS) is 1. The molecule has 0 bridgehead atoms. The minimum atomic E-state index is -1.07. The summed E-state index contributed by atoms with van der Waals surface area (Å²) in [5.74, 6) is 1.43. The van der Waals surface area contributed by atoms with Gasteiger partial charge in [0.2, 0.25) is 0 Å². The number of fused-ring (bicyclic) bond motifs is 1. The Morgan fingerprint density at radius 3 is 2.45 bits per heavy atom. The van der Waals surface area contributed by atoms with Gasteiger partial charge in [-0.1, -0.05) is 24.3 Å². The van der Waals surface area contributed by atoms with Gasteiger partial charge in [0.15, 0.2) is 5.82 Å². The lowest BCUT2D eigenvalue weighted by atomic mass is 10.1. The summed E-state index contributed by atoms with van der Waals surface area (Å²) in [5, 5.41) is 18.0. The van der Waals surface area contributed by atoms with E-state index in [1.54, 1.807) is 23.4 Å². The molecule has 0 radical (unpaired) electrons. The minimum absolute atomic E-state index is 0.0604. The van der Waals surface area contributed by atoms with E-state index in [-0.39, 0.29) is 25.0 Å². The standard InChI is InChI=1S/C29H32N8O3/c1-17(2)35(6)25-13-20-21(23(32-25)15-34(5)29(39)40)14-36(28(20)38)24-12-8-11-22(31-24)27-33-30-16-37(27)26-18(3)9-7-10-19(26)4/h7-13,16-17H,14-15H2,1-6H3,(H,39,40). The van der Waals surface area contributed by atoms with Crippen molar-refractivity contribution in [1.29, 1.82) is 0 Å². The predicted molar refractivity (Wildman–Crippen MR) is 152 cm³/mol. The van der Waals surface area contributed by atoms with Gasteiger partial charge < -0.3 is 14.9 Å². The third kappa shape index (κ3) is 4.74. The summed E-state index contributed by atoms with van der Waals surface area (Å²) in [6.45, 7) is 8.42. The van der Waals surface area contributed by atoms with Crippen molar-refractivity contribution >= 4 is 23.6 Å². The van der Waals surface area contributed by atoms with Crippen LogP contribution in [-0.2, 0) is 13.1 Å². The largest absolute Gasteiger partial charge is 0.465 e. The van der Waals surface area contributed by atoms with E-state index in [9.17, 15) is 14.7 Å². The van der Waals surface area contributed by atoms with Crippen molar-refractivity contribution in [2.75, 3.05) is 23.9 Å². The van der Waals surface area contributed by atoms with Crippen LogP contribution < -0.4 is 9.80 Å². The second kappa shape index (κ2) is 10.4. The van der Waals surface area contributed by atoms with Crippen molar-refractivity contribution in [3.63, 3.8) is 0 Å². The van der Waals surface area contributed by atoms with Crippen LogP contribution in [0.1, 0.15) is 46.6 Å². The SMILES string of the molecule is Cc1cccc(C)c1-n1cnnc1-c1cccc(N2Cc3c(cc(N(C)C(C)C)nc3CN(C)C(=O)O)C2=O)n1. The highest BCUT2D eigenvalue weighted by Crippen LogP contribution is 2.33. The molecule has 1 aliphatic rings. The number of para-hydroxylation sites is 1. The average molecular weight is 541 g/mol. The lowest BCUT2D eigenvalue weighted by Gasteiger charge is -2.24. The van der Waals surface area contributed by atoms with Crippen LogP contribution in [0.4, 0.5) is 16.4 Å². The molecule has 0 saturated carbocycles. The van der Waals surface area contributed by atoms with Gasteiger partial charge in [0.05, 0.1) is 30.0 Å². The maximum Gasteiger partial charge on any atom is 0.407 e. The molecule has 0 saturated heterocycles. The molecular formula is C29H32N8O3. The van der Waals surface area contributed by atoms with Gasteiger partial charge in [-0.3, -0.25) is 14.3 Å². The van der Waals surface area contributed by atoms with Crippen LogP contribution in [0.5, 0.6) is 0 Å². The zero-order chi connectivity index (χ0) is 28.7. The van der Waals surface area contributed by atoms with E-state index in [1.807, 2.05) is 74.5 Å². The highest BCUT2D eigenvalue weighted by atomic mass is 16.4. The Kier molecular flexibility index (Phi) is 6.97. The minimum Gasteiger partial charge on any atom is -0.465 e. The highest BCUT2D eigenvalue weighted by Gasteiger charge is 2.34. The van der Waals surface area contributed by atoms with E-state index in [2.05, 4.69) is 10.2 Å². The highest BCUT2D eigenvalue weighted by molar-refractivity contribution is 6.10. The van der Waals surface area contributed by atoms with Crippen LogP contribution in [-0.4, -0.2) is 66.9 Å². The number of amides is 2. The summed E-state index contributed by atoms with van der Waals surface area (Å²) >= 11 is 0.